The number of rotatable bonds is 3. The molecule has 0 saturated carbocycles. The van der Waals surface area contributed by atoms with E-state index < -0.39 is 24.1 Å². The summed E-state index contributed by atoms with van der Waals surface area (Å²) < 4.78 is 46.9. The van der Waals surface area contributed by atoms with Crippen LogP contribution in [0.2, 0.25) is 0 Å². The highest BCUT2D eigenvalue weighted by Gasteiger charge is 2.50. The third-order valence-electron chi connectivity index (χ3n) is 5.78. The summed E-state index contributed by atoms with van der Waals surface area (Å²) in [4.78, 5) is 22.5. The van der Waals surface area contributed by atoms with Crippen LogP contribution in [0, 0.1) is 19.8 Å². The number of hydrogen-bond acceptors (Lipinski definition) is 5. The van der Waals surface area contributed by atoms with Gasteiger partial charge >= 0.3 is 12.1 Å². The molecule has 6 nitrogen and oxygen atoms in total. The summed E-state index contributed by atoms with van der Waals surface area (Å²) in [6, 6.07) is 4.57. The van der Waals surface area contributed by atoms with Gasteiger partial charge in [0.05, 0.1) is 30.6 Å². The average molecular weight is 418 g/mol. The van der Waals surface area contributed by atoms with E-state index in [2.05, 4.69) is 9.97 Å². The van der Waals surface area contributed by atoms with Gasteiger partial charge in [0.15, 0.2) is 0 Å². The lowest BCUT2D eigenvalue weighted by Crippen LogP contribution is -2.37. The first-order valence-corrected chi connectivity index (χ1v) is 9.51. The summed E-state index contributed by atoms with van der Waals surface area (Å²) in [5.74, 6) is -2.02. The summed E-state index contributed by atoms with van der Waals surface area (Å²) >= 11 is 0. The predicted octanol–water partition coefficient (Wildman–Crippen LogP) is 3.97. The molecule has 3 heterocycles. The second-order valence-electron chi connectivity index (χ2n) is 7.54. The number of alkyl halides is 3. The highest BCUT2D eigenvalue weighted by atomic mass is 19.4. The molecule has 2 atom stereocenters. The molecule has 1 aliphatic heterocycles. The van der Waals surface area contributed by atoms with Crippen LogP contribution in [0.5, 0.6) is 0 Å². The minimum absolute atomic E-state index is 0.307. The van der Waals surface area contributed by atoms with E-state index in [-0.39, 0.29) is 13.0 Å². The van der Waals surface area contributed by atoms with Crippen LogP contribution in [0.25, 0.3) is 16.6 Å². The zero-order chi connectivity index (χ0) is 21.6. The van der Waals surface area contributed by atoms with Gasteiger partial charge in [0, 0.05) is 30.4 Å². The van der Waals surface area contributed by atoms with Crippen molar-refractivity contribution in [3.63, 3.8) is 0 Å². The fraction of sp³-hybridized carbons (Fsp3) is 0.381. The Hall–Kier alpha value is -3.10. The van der Waals surface area contributed by atoms with Crippen molar-refractivity contribution in [2.75, 3.05) is 18.6 Å². The molecule has 158 valence electrons. The van der Waals surface area contributed by atoms with Gasteiger partial charge in [-0.15, -0.1) is 0 Å². The Labute approximate surface area is 171 Å². The zero-order valence-electron chi connectivity index (χ0n) is 16.8. The lowest BCUT2D eigenvalue weighted by Gasteiger charge is -2.25. The molecular weight excluding hydrogens is 397 g/mol. The second kappa shape index (κ2) is 7.30. The van der Waals surface area contributed by atoms with E-state index in [1.54, 1.807) is 29.4 Å². The number of methoxy groups -OCH3 is 1. The van der Waals surface area contributed by atoms with E-state index in [0.717, 1.165) is 22.2 Å². The van der Waals surface area contributed by atoms with Crippen molar-refractivity contribution in [3.05, 3.63) is 48.0 Å². The van der Waals surface area contributed by atoms with Crippen LogP contribution in [-0.2, 0) is 9.53 Å². The molecule has 30 heavy (non-hydrogen) atoms. The summed E-state index contributed by atoms with van der Waals surface area (Å²) in [5.41, 5.74) is 3.35. The summed E-state index contributed by atoms with van der Waals surface area (Å²) in [7, 11) is 1.18. The van der Waals surface area contributed by atoms with E-state index in [9.17, 15) is 18.0 Å². The Morgan fingerprint density at radius 2 is 2.03 bits per heavy atom. The normalized spacial score (nSPS) is 19.5. The molecule has 0 N–H and O–H groups in total. The standard InChI is InChI=1S/C21H21F3N4O2/c1-12-4-5-15-16(27-7-6-25-11-27)9-18(26-19(15)13(12)2)28-10-14(21(22,23)24)8-17(28)20(29)30-3/h4-7,9,11,14,17H,8,10H2,1-3H3/t14-,17-/m0/s1. The van der Waals surface area contributed by atoms with Gasteiger partial charge in [0.2, 0.25) is 0 Å². The minimum Gasteiger partial charge on any atom is -0.467 e. The number of fused-ring (bicyclic) bond motifs is 1. The number of aromatic nitrogens is 3. The molecule has 4 rings (SSSR count). The maximum atomic E-state index is 13.5. The Balaban J connectivity index is 1.91. The van der Waals surface area contributed by atoms with Crippen LogP contribution < -0.4 is 4.90 Å². The number of aryl methyl sites for hydroxylation is 2. The van der Waals surface area contributed by atoms with Crippen LogP contribution in [-0.4, -0.2) is 46.4 Å². The molecule has 1 aromatic carbocycles. The number of pyridine rings is 1. The number of hydrogen-bond donors (Lipinski definition) is 0. The molecular formula is C21H21F3N4O2. The number of carbonyl (C=O) groups excluding carboxylic acids is 1. The first kappa shape index (κ1) is 20.2. The third-order valence-corrected chi connectivity index (χ3v) is 5.78. The molecule has 0 bridgehead atoms. The molecule has 0 spiro atoms. The van der Waals surface area contributed by atoms with E-state index in [1.807, 2.05) is 26.0 Å². The topological polar surface area (TPSA) is 60.2 Å². The van der Waals surface area contributed by atoms with Crippen molar-refractivity contribution < 1.29 is 22.7 Å². The van der Waals surface area contributed by atoms with Crippen molar-refractivity contribution in [1.29, 1.82) is 0 Å². The zero-order valence-corrected chi connectivity index (χ0v) is 16.8. The first-order valence-electron chi connectivity index (χ1n) is 9.51. The molecule has 1 aliphatic rings. The molecule has 2 aromatic heterocycles. The number of anilines is 1. The number of imidazole rings is 1. The Morgan fingerprint density at radius 3 is 2.67 bits per heavy atom. The molecule has 0 aliphatic carbocycles. The Morgan fingerprint density at radius 1 is 1.27 bits per heavy atom. The second-order valence-corrected chi connectivity index (χ2v) is 7.54. The van der Waals surface area contributed by atoms with Gasteiger partial charge in [-0.2, -0.15) is 13.2 Å². The van der Waals surface area contributed by atoms with Crippen LogP contribution in [0.4, 0.5) is 19.0 Å². The maximum absolute atomic E-state index is 13.5. The van der Waals surface area contributed by atoms with Gasteiger partial charge in [-0.05, 0) is 31.4 Å². The largest absolute Gasteiger partial charge is 0.467 e. The number of ether oxygens (including phenoxy) is 1. The van der Waals surface area contributed by atoms with Crippen molar-refractivity contribution in [2.45, 2.75) is 32.5 Å². The van der Waals surface area contributed by atoms with Crippen LogP contribution >= 0.6 is 0 Å². The van der Waals surface area contributed by atoms with Gasteiger partial charge in [-0.25, -0.2) is 14.8 Å². The van der Waals surface area contributed by atoms with E-state index >= 15 is 0 Å². The molecule has 0 amide bonds. The van der Waals surface area contributed by atoms with Gasteiger partial charge in [0.1, 0.15) is 11.9 Å². The highest BCUT2D eigenvalue weighted by Crippen LogP contribution is 2.40. The minimum atomic E-state index is -4.41. The molecule has 1 fully saturated rings. The number of halogens is 3. The van der Waals surface area contributed by atoms with Crippen molar-refractivity contribution in [3.8, 4) is 5.69 Å². The van der Waals surface area contributed by atoms with E-state index in [0.29, 0.717) is 11.3 Å². The monoisotopic (exact) mass is 418 g/mol. The highest BCUT2D eigenvalue weighted by molar-refractivity contribution is 5.92. The first-order chi connectivity index (χ1) is 14.2. The van der Waals surface area contributed by atoms with Gasteiger partial charge in [-0.3, -0.25) is 0 Å². The molecule has 1 saturated heterocycles. The van der Waals surface area contributed by atoms with E-state index in [4.69, 9.17) is 4.74 Å². The number of carbonyl (C=O) groups is 1. The molecule has 0 radical (unpaired) electrons. The quantitative estimate of drug-likeness (QED) is 0.603. The van der Waals surface area contributed by atoms with Crippen LogP contribution in [0.15, 0.2) is 36.9 Å². The predicted molar refractivity (Wildman–Crippen MR) is 106 cm³/mol. The summed E-state index contributed by atoms with van der Waals surface area (Å²) in [6.07, 6.45) is 0.239. The maximum Gasteiger partial charge on any atom is 0.393 e. The van der Waals surface area contributed by atoms with Crippen molar-refractivity contribution >= 4 is 22.7 Å². The van der Waals surface area contributed by atoms with Crippen molar-refractivity contribution in [2.24, 2.45) is 5.92 Å². The lowest BCUT2D eigenvalue weighted by molar-refractivity contribution is -0.169. The average Bonchev–Trinajstić information content (AvgIpc) is 3.39. The SMILES string of the molecule is COC(=O)[C@@H]1C[C@H](C(F)(F)F)CN1c1cc(-n2ccnc2)c2ccc(C)c(C)c2n1. The van der Waals surface area contributed by atoms with Crippen LogP contribution in [0.3, 0.4) is 0 Å². The fourth-order valence-electron chi connectivity index (χ4n) is 3.95. The number of benzene rings is 1. The summed E-state index contributed by atoms with van der Waals surface area (Å²) in [6.45, 7) is 3.52. The van der Waals surface area contributed by atoms with Crippen LogP contribution in [0.1, 0.15) is 17.5 Å². The van der Waals surface area contributed by atoms with E-state index in [1.165, 1.54) is 12.0 Å². The van der Waals surface area contributed by atoms with Crippen molar-refractivity contribution in [1.82, 2.24) is 14.5 Å². The van der Waals surface area contributed by atoms with Gasteiger partial charge in [-0.1, -0.05) is 12.1 Å². The summed E-state index contributed by atoms with van der Waals surface area (Å²) in [5, 5.41) is 0.848. The third kappa shape index (κ3) is 3.38. The number of nitrogens with zero attached hydrogens (tertiary/aromatic N) is 4. The Kier molecular flexibility index (Phi) is 4.91. The van der Waals surface area contributed by atoms with Gasteiger partial charge in [0.25, 0.3) is 0 Å². The fourth-order valence-corrected chi connectivity index (χ4v) is 3.95. The lowest BCUT2D eigenvalue weighted by atomic mass is 10.0. The number of esters is 1. The Bertz CT molecular complexity index is 1100. The smallest absolute Gasteiger partial charge is 0.393 e. The van der Waals surface area contributed by atoms with Gasteiger partial charge < -0.3 is 14.2 Å². The molecule has 9 heteroatoms. The molecule has 3 aromatic rings. The molecule has 0 unspecified atom stereocenters.